The zero-order valence-electron chi connectivity index (χ0n) is 17.5. The Morgan fingerprint density at radius 2 is 1.83 bits per heavy atom. The van der Waals surface area contributed by atoms with Gasteiger partial charge in [-0.15, -0.1) is 0 Å². The zero-order chi connectivity index (χ0) is 20.9. The van der Waals surface area contributed by atoms with Gasteiger partial charge >= 0.3 is 0 Å². The smallest absolute Gasteiger partial charge is 0.224 e. The summed E-state index contributed by atoms with van der Waals surface area (Å²) < 4.78 is 10.9. The lowest BCUT2D eigenvalue weighted by atomic mass is 10.2. The number of furan rings is 1. The second kappa shape index (κ2) is 12.8. The highest BCUT2D eigenvalue weighted by Gasteiger charge is 2.12. The maximum absolute atomic E-state index is 12.3. The van der Waals surface area contributed by atoms with Crippen molar-refractivity contribution in [2.45, 2.75) is 59.2 Å². The Balaban J connectivity index is 1.72. The summed E-state index contributed by atoms with van der Waals surface area (Å²) in [6.07, 6.45) is 4.82. The number of ether oxygens (including phenoxy) is 1. The van der Waals surface area contributed by atoms with E-state index in [-0.39, 0.29) is 11.8 Å². The molecule has 0 radical (unpaired) electrons. The van der Waals surface area contributed by atoms with E-state index in [0.717, 1.165) is 42.9 Å². The van der Waals surface area contributed by atoms with Crippen LogP contribution in [0.5, 0.6) is 0 Å². The number of hydrogen-bond donors (Lipinski definition) is 1. The summed E-state index contributed by atoms with van der Waals surface area (Å²) in [5.41, 5.74) is 1.71. The molecule has 158 valence electrons. The molecule has 29 heavy (non-hydrogen) atoms. The molecule has 1 heterocycles. The molecule has 0 atom stereocenters. The molecule has 0 aliphatic rings. The van der Waals surface area contributed by atoms with E-state index in [0.29, 0.717) is 32.5 Å². The number of carbonyl (C=O) groups excluding carboxylic acids is 2. The summed E-state index contributed by atoms with van der Waals surface area (Å²) in [4.78, 5) is 26.4. The van der Waals surface area contributed by atoms with Crippen LogP contribution in [0.15, 0.2) is 47.1 Å². The van der Waals surface area contributed by atoms with Crippen LogP contribution in [-0.4, -0.2) is 29.8 Å². The molecule has 2 aromatic rings. The van der Waals surface area contributed by atoms with Crippen LogP contribution in [0.4, 0.5) is 5.69 Å². The van der Waals surface area contributed by atoms with Crippen LogP contribution in [0.3, 0.4) is 0 Å². The molecule has 1 aromatic carbocycles. The second-order valence-electron chi connectivity index (χ2n) is 7.06. The first-order chi connectivity index (χ1) is 14.1. The molecule has 0 unspecified atom stereocenters. The van der Waals surface area contributed by atoms with Gasteiger partial charge in [-0.25, -0.2) is 0 Å². The van der Waals surface area contributed by atoms with Crippen molar-refractivity contribution in [1.29, 1.82) is 0 Å². The van der Waals surface area contributed by atoms with Crippen molar-refractivity contribution in [3.05, 3.63) is 54.0 Å². The molecule has 0 saturated carbocycles. The van der Waals surface area contributed by atoms with Gasteiger partial charge in [-0.1, -0.05) is 26.0 Å². The first-order valence-electron chi connectivity index (χ1n) is 10.4. The van der Waals surface area contributed by atoms with E-state index in [2.05, 4.69) is 19.2 Å². The molecular weight excluding hydrogens is 368 g/mol. The van der Waals surface area contributed by atoms with Crippen molar-refractivity contribution in [1.82, 2.24) is 4.90 Å². The number of nitrogens with zero attached hydrogens (tertiary/aromatic N) is 1. The summed E-state index contributed by atoms with van der Waals surface area (Å²) in [7, 11) is 0. The summed E-state index contributed by atoms with van der Waals surface area (Å²) in [6, 6.07) is 11.3. The zero-order valence-corrected chi connectivity index (χ0v) is 17.5. The fourth-order valence-electron chi connectivity index (χ4n) is 3.09. The van der Waals surface area contributed by atoms with Crippen LogP contribution >= 0.6 is 0 Å². The third-order valence-corrected chi connectivity index (χ3v) is 4.44. The topological polar surface area (TPSA) is 71.8 Å². The standard InChI is InChI=1S/C23H32N2O4/c1-3-13-25(14-4-2)23(27)12-6-11-22(26)24-20-9-5-8-19(16-20)17-28-18-21-10-7-15-29-21/h5,7-10,15-16H,3-4,6,11-14,17-18H2,1-2H3,(H,24,26). The molecule has 0 fully saturated rings. The highest BCUT2D eigenvalue weighted by atomic mass is 16.5. The summed E-state index contributed by atoms with van der Waals surface area (Å²) in [6.45, 7) is 6.55. The van der Waals surface area contributed by atoms with Crippen LogP contribution in [0.1, 0.15) is 57.3 Å². The normalized spacial score (nSPS) is 10.7. The number of hydrogen-bond acceptors (Lipinski definition) is 4. The van der Waals surface area contributed by atoms with Crippen molar-refractivity contribution in [3.8, 4) is 0 Å². The molecule has 0 bridgehead atoms. The molecule has 2 rings (SSSR count). The molecule has 6 heteroatoms. The molecular formula is C23H32N2O4. The lowest BCUT2D eigenvalue weighted by molar-refractivity contribution is -0.131. The number of carbonyl (C=O) groups is 2. The molecule has 0 aliphatic carbocycles. The van der Waals surface area contributed by atoms with Gasteiger partial charge < -0.3 is 19.4 Å². The van der Waals surface area contributed by atoms with E-state index in [1.54, 1.807) is 6.26 Å². The lowest BCUT2D eigenvalue weighted by Gasteiger charge is -2.21. The van der Waals surface area contributed by atoms with Gasteiger partial charge in [-0.3, -0.25) is 9.59 Å². The third kappa shape index (κ3) is 8.52. The molecule has 2 amide bonds. The maximum Gasteiger partial charge on any atom is 0.224 e. The third-order valence-electron chi connectivity index (χ3n) is 4.44. The Bertz CT molecular complexity index is 737. The van der Waals surface area contributed by atoms with Gasteiger partial charge in [0.2, 0.25) is 11.8 Å². The molecule has 1 aromatic heterocycles. The number of rotatable bonds is 13. The van der Waals surface area contributed by atoms with E-state index in [1.807, 2.05) is 41.3 Å². The van der Waals surface area contributed by atoms with Gasteiger partial charge in [-0.2, -0.15) is 0 Å². The van der Waals surface area contributed by atoms with Gasteiger partial charge in [0.15, 0.2) is 0 Å². The quantitative estimate of drug-likeness (QED) is 0.526. The molecule has 1 N–H and O–H groups in total. The summed E-state index contributed by atoms with van der Waals surface area (Å²) >= 11 is 0. The van der Waals surface area contributed by atoms with Crippen LogP contribution in [0, 0.1) is 0 Å². The average Bonchev–Trinajstić information content (AvgIpc) is 3.21. The highest BCUT2D eigenvalue weighted by molar-refractivity contribution is 5.91. The number of amides is 2. The van der Waals surface area contributed by atoms with E-state index in [1.165, 1.54) is 0 Å². The second-order valence-corrected chi connectivity index (χ2v) is 7.06. The molecule has 6 nitrogen and oxygen atoms in total. The molecule has 0 spiro atoms. The SMILES string of the molecule is CCCN(CCC)C(=O)CCCC(=O)Nc1cccc(COCc2ccco2)c1. The Morgan fingerprint density at radius 1 is 1.03 bits per heavy atom. The van der Waals surface area contributed by atoms with E-state index in [9.17, 15) is 9.59 Å². The molecule has 0 saturated heterocycles. The van der Waals surface area contributed by atoms with Gasteiger partial charge in [0.05, 0.1) is 12.9 Å². The lowest BCUT2D eigenvalue weighted by Crippen LogP contribution is -2.32. The molecule has 0 aliphatic heterocycles. The number of nitrogens with one attached hydrogen (secondary N) is 1. The van der Waals surface area contributed by atoms with Gasteiger partial charge in [0.25, 0.3) is 0 Å². The van der Waals surface area contributed by atoms with E-state index < -0.39 is 0 Å². The minimum Gasteiger partial charge on any atom is -0.467 e. The predicted octanol–water partition coefficient (Wildman–Crippen LogP) is 4.75. The first-order valence-corrected chi connectivity index (χ1v) is 10.4. The van der Waals surface area contributed by atoms with Gasteiger partial charge in [0, 0.05) is 31.6 Å². The Hall–Kier alpha value is -2.60. The van der Waals surface area contributed by atoms with Crippen LogP contribution in [0.25, 0.3) is 0 Å². The minimum absolute atomic E-state index is 0.0796. The summed E-state index contributed by atoms with van der Waals surface area (Å²) in [5, 5.41) is 2.90. The van der Waals surface area contributed by atoms with Crippen molar-refractivity contribution in [3.63, 3.8) is 0 Å². The summed E-state index contributed by atoms with van der Waals surface area (Å²) in [5.74, 6) is 0.835. The van der Waals surface area contributed by atoms with Crippen molar-refractivity contribution >= 4 is 17.5 Å². The fourth-order valence-corrected chi connectivity index (χ4v) is 3.09. The monoisotopic (exact) mass is 400 g/mol. The van der Waals surface area contributed by atoms with Gasteiger partial charge in [0.1, 0.15) is 12.4 Å². The van der Waals surface area contributed by atoms with E-state index >= 15 is 0 Å². The minimum atomic E-state index is -0.0796. The Morgan fingerprint density at radius 3 is 2.52 bits per heavy atom. The number of benzene rings is 1. The largest absolute Gasteiger partial charge is 0.467 e. The maximum atomic E-state index is 12.3. The predicted molar refractivity (Wildman–Crippen MR) is 113 cm³/mol. The van der Waals surface area contributed by atoms with Crippen LogP contribution in [-0.2, 0) is 27.5 Å². The first kappa shape index (κ1) is 22.7. The van der Waals surface area contributed by atoms with Crippen molar-refractivity contribution in [2.75, 3.05) is 18.4 Å². The van der Waals surface area contributed by atoms with Crippen molar-refractivity contribution < 1.29 is 18.7 Å². The average molecular weight is 401 g/mol. The Labute approximate surface area is 173 Å². The number of anilines is 1. The Kier molecular flexibility index (Phi) is 10.00. The fraction of sp³-hybridized carbons (Fsp3) is 0.478. The van der Waals surface area contributed by atoms with Crippen molar-refractivity contribution in [2.24, 2.45) is 0 Å². The van der Waals surface area contributed by atoms with Crippen LogP contribution < -0.4 is 5.32 Å². The van der Waals surface area contributed by atoms with Gasteiger partial charge in [-0.05, 0) is 49.1 Å². The highest BCUT2D eigenvalue weighted by Crippen LogP contribution is 2.14. The van der Waals surface area contributed by atoms with E-state index in [4.69, 9.17) is 9.15 Å². The van der Waals surface area contributed by atoms with Crippen LogP contribution in [0.2, 0.25) is 0 Å².